The fraction of sp³-hybridized carbons (Fsp3) is 0.353. The maximum atomic E-state index is 11.9. The number of nitrogens with one attached hydrogen (secondary N) is 1. The molecule has 1 aliphatic heterocycles. The zero-order valence-corrected chi connectivity index (χ0v) is 12.2. The van der Waals surface area contributed by atoms with Gasteiger partial charge in [-0.3, -0.25) is 9.69 Å². The molecule has 2 aromatic rings. The third-order valence-corrected chi connectivity index (χ3v) is 4.29. The number of benzene rings is 2. The highest BCUT2D eigenvalue weighted by molar-refractivity contribution is 5.88. The minimum Gasteiger partial charge on any atom is -0.508 e. The summed E-state index contributed by atoms with van der Waals surface area (Å²) in [6, 6.07) is 11.6. The van der Waals surface area contributed by atoms with Crippen LogP contribution in [0.25, 0.3) is 10.8 Å². The van der Waals surface area contributed by atoms with E-state index in [1.165, 1.54) is 0 Å². The highest BCUT2D eigenvalue weighted by Gasteiger charge is 2.30. The molecule has 21 heavy (non-hydrogen) atoms. The van der Waals surface area contributed by atoms with Crippen LogP contribution >= 0.6 is 0 Å². The SMILES string of the molecule is CNC(=O)C1CCCN1Cc1c(O)ccc2ccccc12. The molecule has 3 rings (SSSR count). The molecule has 1 saturated heterocycles. The van der Waals surface area contributed by atoms with Crippen molar-refractivity contribution in [1.29, 1.82) is 0 Å². The van der Waals surface area contributed by atoms with E-state index in [9.17, 15) is 9.90 Å². The first-order valence-electron chi connectivity index (χ1n) is 7.36. The summed E-state index contributed by atoms with van der Waals surface area (Å²) in [6.45, 7) is 1.49. The van der Waals surface area contributed by atoms with Gasteiger partial charge in [0.05, 0.1) is 6.04 Å². The molecule has 0 aliphatic carbocycles. The molecule has 0 bridgehead atoms. The Bertz CT molecular complexity index is 669. The van der Waals surface area contributed by atoms with Crippen molar-refractivity contribution in [3.8, 4) is 5.75 Å². The molecular weight excluding hydrogens is 264 g/mol. The van der Waals surface area contributed by atoms with Crippen LogP contribution in [0.15, 0.2) is 36.4 Å². The highest BCUT2D eigenvalue weighted by Crippen LogP contribution is 2.30. The molecule has 1 heterocycles. The zero-order valence-electron chi connectivity index (χ0n) is 12.2. The van der Waals surface area contributed by atoms with Crippen LogP contribution in [0.5, 0.6) is 5.75 Å². The lowest BCUT2D eigenvalue weighted by Gasteiger charge is -2.24. The van der Waals surface area contributed by atoms with Gasteiger partial charge in [0.25, 0.3) is 0 Å². The normalized spacial score (nSPS) is 19.0. The molecule has 0 saturated carbocycles. The number of amides is 1. The van der Waals surface area contributed by atoms with Crippen LogP contribution in [-0.4, -0.2) is 35.5 Å². The van der Waals surface area contributed by atoms with Crippen LogP contribution in [0.4, 0.5) is 0 Å². The predicted molar refractivity (Wildman–Crippen MR) is 83.1 cm³/mol. The van der Waals surface area contributed by atoms with Gasteiger partial charge in [0.2, 0.25) is 5.91 Å². The Morgan fingerprint density at radius 1 is 1.33 bits per heavy atom. The summed E-state index contributed by atoms with van der Waals surface area (Å²) in [5.74, 6) is 0.364. The number of phenolic OH excluding ortho intramolecular Hbond substituents is 1. The third kappa shape index (κ3) is 2.59. The van der Waals surface area contributed by atoms with Crippen molar-refractivity contribution < 1.29 is 9.90 Å². The maximum Gasteiger partial charge on any atom is 0.237 e. The molecule has 1 atom stereocenters. The van der Waals surface area contributed by atoms with Gasteiger partial charge in [-0.15, -0.1) is 0 Å². The minimum atomic E-state index is -0.0895. The summed E-state index contributed by atoms with van der Waals surface area (Å²) < 4.78 is 0. The molecule has 0 spiro atoms. The Hall–Kier alpha value is -2.07. The standard InChI is InChI=1S/C17H20N2O2/c1-18-17(21)15-7-4-10-19(15)11-14-13-6-3-2-5-12(13)8-9-16(14)20/h2-3,5-6,8-9,15,20H,4,7,10-11H2,1H3,(H,18,21). The number of fused-ring (bicyclic) bond motifs is 1. The summed E-state index contributed by atoms with van der Waals surface area (Å²) in [5.41, 5.74) is 0.906. The van der Waals surface area contributed by atoms with Gasteiger partial charge >= 0.3 is 0 Å². The molecule has 1 amide bonds. The Kier molecular flexibility index (Phi) is 3.80. The lowest BCUT2D eigenvalue weighted by atomic mass is 10.0. The van der Waals surface area contributed by atoms with Gasteiger partial charge < -0.3 is 10.4 Å². The van der Waals surface area contributed by atoms with Gasteiger partial charge in [-0.2, -0.15) is 0 Å². The number of phenols is 1. The van der Waals surface area contributed by atoms with Crippen molar-refractivity contribution in [2.24, 2.45) is 0 Å². The van der Waals surface area contributed by atoms with Gasteiger partial charge in [-0.05, 0) is 36.2 Å². The van der Waals surface area contributed by atoms with Crippen molar-refractivity contribution in [3.05, 3.63) is 42.0 Å². The van der Waals surface area contributed by atoms with Crippen LogP contribution < -0.4 is 5.32 Å². The van der Waals surface area contributed by atoms with E-state index in [1.807, 2.05) is 30.3 Å². The van der Waals surface area contributed by atoms with Gasteiger partial charge in [-0.25, -0.2) is 0 Å². The van der Waals surface area contributed by atoms with Crippen LogP contribution in [0.3, 0.4) is 0 Å². The first-order chi connectivity index (χ1) is 10.2. The first-order valence-corrected chi connectivity index (χ1v) is 7.36. The van der Waals surface area contributed by atoms with Gasteiger partial charge in [-0.1, -0.05) is 30.3 Å². The molecule has 2 N–H and O–H groups in total. The van der Waals surface area contributed by atoms with Crippen LogP contribution in [0.2, 0.25) is 0 Å². The average molecular weight is 284 g/mol. The second kappa shape index (κ2) is 5.74. The Balaban J connectivity index is 1.94. The smallest absolute Gasteiger partial charge is 0.237 e. The molecule has 4 heteroatoms. The number of nitrogens with zero attached hydrogens (tertiary/aromatic N) is 1. The Morgan fingerprint density at radius 3 is 2.95 bits per heavy atom. The molecular formula is C17H20N2O2. The van der Waals surface area contributed by atoms with E-state index in [4.69, 9.17) is 0 Å². The van der Waals surface area contributed by atoms with E-state index >= 15 is 0 Å². The van der Waals surface area contributed by atoms with E-state index in [0.29, 0.717) is 12.3 Å². The summed E-state index contributed by atoms with van der Waals surface area (Å²) in [7, 11) is 1.67. The summed E-state index contributed by atoms with van der Waals surface area (Å²) in [4.78, 5) is 14.1. The number of likely N-dealkylation sites (tertiary alicyclic amines) is 1. The minimum absolute atomic E-state index is 0.0622. The topological polar surface area (TPSA) is 52.6 Å². The molecule has 0 radical (unpaired) electrons. The van der Waals surface area contributed by atoms with Crippen molar-refractivity contribution in [1.82, 2.24) is 10.2 Å². The maximum absolute atomic E-state index is 11.9. The zero-order chi connectivity index (χ0) is 14.8. The molecule has 2 aromatic carbocycles. The molecule has 0 aromatic heterocycles. The molecule has 1 aliphatic rings. The van der Waals surface area contributed by atoms with Crippen molar-refractivity contribution >= 4 is 16.7 Å². The Labute approximate surface area is 124 Å². The molecule has 4 nitrogen and oxygen atoms in total. The summed E-state index contributed by atoms with van der Waals surface area (Å²) >= 11 is 0. The van der Waals surface area contributed by atoms with Crippen molar-refractivity contribution in [2.75, 3.05) is 13.6 Å². The van der Waals surface area contributed by atoms with E-state index in [-0.39, 0.29) is 11.9 Å². The first kappa shape index (κ1) is 13.9. The van der Waals surface area contributed by atoms with E-state index in [1.54, 1.807) is 13.1 Å². The van der Waals surface area contributed by atoms with Gasteiger partial charge in [0, 0.05) is 19.2 Å². The lowest BCUT2D eigenvalue weighted by molar-refractivity contribution is -0.125. The monoisotopic (exact) mass is 284 g/mol. The number of hydrogen-bond donors (Lipinski definition) is 2. The molecule has 1 fully saturated rings. The lowest BCUT2D eigenvalue weighted by Crippen LogP contribution is -2.41. The Morgan fingerprint density at radius 2 is 2.14 bits per heavy atom. The van der Waals surface area contributed by atoms with E-state index in [0.717, 1.165) is 35.7 Å². The van der Waals surface area contributed by atoms with Crippen LogP contribution in [-0.2, 0) is 11.3 Å². The third-order valence-electron chi connectivity index (χ3n) is 4.29. The summed E-state index contributed by atoms with van der Waals surface area (Å²) in [6.07, 6.45) is 1.90. The number of carbonyl (C=O) groups is 1. The summed E-state index contributed by atoms with van der Waals surface area (Å²) in [5, 5.41) is 15.1. The number of hydrogen-bond acceptors (Lipinski definition) is 3. The van der Waals surface area contributed by atoms with Crippen molar-refractivity contribution in [3.63, 3.8) is 0 Å². The van der Waals surface area contributed by atoms with E-state index in [2.05, 4.69) is 10.2 Å². The fourth-order valence-electron chi connectivity index (χ4n) is 3.17. The second-order valence-electron chi connectivity index (χ2n) is 5.53. The largest absolute Gasteiger partial charge is 0.508 e. The number of rotatable bonds is 3. The second-order valence-corrected chi connectivity index (χ2v) is 5.53. The highest BCUT2D eigenvalue weighted by atomic mass is 16.3. The van der Waals surface area contributed by atoms with Gasteiger partial charge in [0.15, 0.2) is 0 Å². The van der Waals surface area contributed by atoms with Crippen LogP contribution in [0.1, 0.15) is 18.4 Å². The number of carbonyl (C=O) groups excluding carboxylic acids is 1. The fourth-order valence-corrected chi connectivity index (χ4v) is 3.17. The number of aromatic hydroxyl groups is 1. The molecule has 110 valence electrons. The van der Waals surface area contributed by atoms with Gasteiger partial charge in [0.1, 0.15) is 5.75 Å². The van der Waals surface area contributed by atoms with Crippen molar-refractivity contribution in [2.45, 2.75) is 25.4 Å². The average Bonchev–Trinajstić information content (AvgIpc) is 2.97. The predicted octanol–water partition coefficient (Wildman–Crippen LogP) is 2.26. The van der Waals surface area contributed by atoms with Crippen LogP contribution in [0, 0.1) is 0 Å². The van der Waals surface area contributed by atoms with E-state index < -0.39 is 0 Å². The quantitative estimate of drug-likeness (QED) is 0.909. The molecule has 1 unspecified atom stereocenters. The number of likely N-dealkylation sites (N-methyl/N-ethyl adjacent to an activating group) is 1.